The molecule has 0 saturated carbocycles. The van der Waals surface area contributed by atoms with E-state index in [4.69, 9.17) is 4.74 Å². The summed E-state index contributed by atoms with van der Waals surface area (Å²) in [4.78, 5) is 19.5. The van der Waals surface area contributed by atoms with E-state index in [0.717, 1.165) is 12.1 Å². The van der Waals surface area contributed by atoms with E-state index in [1.807, 2.05) is 0 Å². The fraction of sp³-hybridized carbons (Fsp3) is 0.294. The Morgan fingerprint density at radius 1 is 1.23 bits per heavy atom. The predicted octanol–water partition coefficient (Wildman–Crippen LogP) is 3.55. The number of hydrogen-bond acceptors (Lipinski definition) is 4. The molecule has 1 amide bonds. The summed E-state index contributed by atoms with van der Waals surface area (Å²) in [5.74, 6) is -0.295. The Balaban J connectivity index is 1.84. The summed E-state index contributed by atoms with van der Waals surface area (Å²) in [5.41, 5.74) is 0.0919. The molecule has 2 aromatic heterocycles. The van der Waals surface area contributed by atoms with E-state index in [0.29, 0.717) is 42.5 Å². The molecule has 0 N–H and O–H groups in total. The van der Waals surface area contributed by atoms with Crippen LogP contribution in [0.2, 0.25) is 0 Å². The number of fused-ring (bicyclic) bond motifs is 1. The number of hydrogen-bond donors (Lipinski definition) is 0. The van der Waals surface area contributed by atoms with Gasteiger partial charge in [0.05, 0.1) is 24.5 Å². The second-order valence-corrected chi connectivity index (χ2v) is 6.72. The summed E-state index contributed by atoms with van der Waals surface area (Å²) >= 11 is 1.32. The molecule has 1 aliphatic rings. The Morgan fingerprint density at radius 2 is 2.00 bits per heavy atom. The van der Waals surface area contributed by atoms with E-state index in [2.05, 4.69) is 4.98 Å². The maximum atomic E-state index is 13.1. The number of imidazole rings is 1. The van der Waals surface area contributed by atoms with Crippen molar-refractivity contribution in [2.75, 3.05) is 26.3 Å². The smallest absolute Gasteiger partial charge is 0.378 e. The topological polar surface area (TPSA) is 46.8 Å². The summed E-state index contributed by atoms with van der Waals surface area (Å²) in [7, 11) is 0. The van der Waals surface area contributed by atoms with Crippen LogP contribution in [0.25, 0.3) is 16.2 Å². The van der Waals surface area contributed by atoms with Crippen LogP contribution in [0, 0.1) is 0 Å². The lowest BCUT2D eigenvalue weighted by Crippen LogP contribution is -2.41. The number of carbonyl (C=O) groups excluding carboxylic acids is 1. The maximum Gasteiger partial charge on any atom is 0.416 e. The molecular formula is C17H14F3N3O2S. The van der Waals surface area contributed by atoms with Crippen molar-refractivity contribution < 1.29 is 22.7 Å². The van der Waals surface area contributed by atoms with Gasteiger partial charge in [-0.15, -0.1) is 11.3 Å². The van der Waals surface area contributed by atoms with Gasteiger partial charge in [0.2, 0.25) is 0 Å². The highest BCUT2D eigenvalue weighted by molar-refractivity contribution is 7.15. The van der Waals surface area contributed by atoms with Gasteiger partial charge in [0, 0.05) is 30.2 Å². The summed E-state index contributed by atoms with van der Waals surface area (Å²) in [6, 6.07) is 4.97. The summed E-state index contributed by atoms with van der Waals surface area (Å²) in [5, 5.41) is 1.78. The second kappa shape index (κ2) is 6.40. The van der Waals surface area contributed by atoms with Gasteiger partial charge in [0.15, 0.2) is 10.7 Å². The highest BCUT2D eigenvalue weighted by Crippen LogP contribution is 2.34. The summed E-state index contributed by atoms with van der Waals surface area (Å²) < 4.78 is 46.2. The monoisotopic (exact) mass is 381 g/mol. The molecule has 0 unspecified atom stereocenters. The van der Waals surface area contributed by atoms with Crippen LogP contribution >= 0.6 is 11.3 Å². The fourth-order valence-electron chi connectivity index (χ4n) is 2.97. The van der Waals surface area contributed by atoms with Crippen molar-refractivity contribution in [2.24, 2.45) is 0 Å². The van der Waals surface area contributed by atoms with E-state index in [9.17, 15) is 18.0 Å². The molecule has 26 heavy (non-hydrogen) atoms. The maximum absolute atomic E-state index is 13.1. The molecule has 9 heteroatoms. The number of alkyl halides is 3. The molecule has 136 valence electrons. The molecule has 0 spiro atoms. The van der Waals surface area contributed by atoms with Gasteiger partial charge >= 0.3 is 6.18 Å². The highest BCUT2D eigenvalue weighted by Gasteiger charge is 2.32. The SMILES string of the molecule is O=C(c1nc2sccn2c1-c1cccc(C(F)(F)F)c1)N1CCOCC1. The van der Waals surface area contributed by atoms with E-state index in [-0.39, 0.29) is 11.6 Å². The Kier molecular flexibility index (Phi) is 4.20. The van der Waals surface area contributed by atoms with E-state index in [1.54, 1.807) is 26.9 Å². The number of carbonyl (C=O) groups is 1. The number of ether oxygens (including phenoxy) is 1. The van der Waals surface area contributed by atoms with Crippen LogP contribution in [0.5, 0.6) is 0 Å². The molecule has 3 aromatic rings. The van der Waals surface area contributed by atoms with Gasteiger partial charge in [0.25, 0.3) is 5.91 Å². The largest absolute Gasteiger partial charge is 0.416 e. The molecule has 1 fully saturated rings. The minimum Gasteiger partial charge on any atom is -0.378 e. The van der Waals surface area contributed by atoms with Crippen molar-refractivity contribution in [1.82, 2.24) is 14.3 Å². The van der Waals surface area contributed by atoms with Gasteiger partial charge in [-0.25, -0.2) is 4.98 Å². The fourth-order valence-corrected chi connectivity index (χ4v) is 3.68. The molecule has 4 rings (SSSR count). The van der Waals surface area contributed by atoms with E-state index < -0.39 is 11.7 Å². The Morgan fingerprint density at radius 3 is 2.73 bits per heavy atom. The first kappa shape index (κ1) is 17.0. The van der Waals surface area contributed by atoms with Gasteiger partial charge in [-0.05, 0) is 12.1 Å². The van der Waals surface area contributed by atoms with Crippen molar-refractivity contribution in [3.05, 3.63) is 47.1 Å². The third-order valence-corrected chi connectivity index (χ3v) is 4.98. The highest BCUT2D eigenvalue weighted by atomic mass is 32.1. The van der Waals surface area contributed by atoms with Gasteiger partial charge < -0.3 is 9.64 Å². The zero-order valence-corrected chi connectivity index (χ0v) is 14.3. The first-order valence-electron chi connectivity index (χ1n) is 7.95. The van der Waals surface area contributed by atoms with Crippen LogP contribution in [0.15, 0.2) is 35.8 Å². The van der Waals surface area contributed by atoms with Crippen molar-refractivity contribution in [1.29, 1.82) is 0 Å². The number of benzene rings is 1. The summed E-state index contributed by atoms with van der Waals surface area (Å²) in [6.45, 7) is 1.75. The van der Waals surface area contributed by atoms with Gasteiger partial charge in [-0.1, -0.05) is 12.1 Å². The average molecular weight is 381 g/mol. The van der Waals surface area contributed by atoms with Crippen LogP contribution in [0.4, 0.5) is 13.2 Å². The quantitative estimate of drug-likeness (QED) is 0.682. The standard InChI is InChI=1S/C17H14F3N3O2S/c18-17(19,20)12-3-1-2-11(10-12)14-13(21-16-23(14)6-9-26-16)15(24)22-4-7-25-8-5-22/h1-3,6,9-10H,4-5,7-8H2. The third-order valence-electron chi connectivity index (χ3n) is 4.23. The van der Waals surface area contributed by atoms with Crippen LogP contribution in [0.1, 0.15) is 16.1 Å². The first-order valence-corrected chi connectivity index (χ1v) is 8.83. The molecule has 3 heterocycles. The number of aromatic nitrogens is 2. The van der Waals surface area contributed by atoms with Crippen molar-refractivity contribution in [3.8, 4) is 11.3 Å². The zero-order chi connectivity index (χ0) is 18.3. The van der Waals surface area contributed by atoms with Gasteiger partial charge in [-0.2, -0.15) is 13.2 Å². The Hall–Kier alpha value is -2.39. The molecule has 0 aliphatic carbocycles. The predicted molar refractivity (Wildman–Crippen MR) is 90.2 cm³/mol. The lowest BCUT2D eigenvalue weighted by atomic mass is 10.1. The number of rotatable bonds is 2. The van der Waals surface area contributed by atoms with E-state index in [1.165, 1.54) is 17.4 Å². The Bertz CT molecular complexity index is 958. The number of amides is 1. The molecule has 0 atom stereocenters. The number of thiazole rings is 1. The van der Waals surface area contributed by atoms with Gasteiger partial charge in [0.1, 0.15) is 0 Å². The molecule has 0 bridgehead atoms. The average Bonchev–Trinajstić information content (AvgIpc) is 3.22. The molecule has 1 saturated heterocycles. The minimum absolute atomic E-state index is 0.165. The zero-order valence-electron chi connectivity index (χ0n) is 13.5. The van der Waals surface area contributed by atoms with Crippen LogP contribution < -0.4 is 0 Å². The lowest BCUT2D eigenvalue weighted by Gasteiger charge is -2.26. The Labute approximate surface area is 150 Å². The second-order valence-electron chi connectivity index (χ2n) is 5.85. The minimum atomic E-state index is -4.46. The normalized spacial score (nSPS) is 15.6. The van der Waals surface area contributed by atoms with Crippen molar-refractivity contribution in [3.63, 3.8) is 0 Å². The number of nitrogens with zero attached hydrogens (tertiary/aromatic N) is 3. The van der Waals surface area contributed by atoms with Crippen molar-refractivity contribution in [2.45, 2.75) is 6.18 Å². The molecular weight excluding hydrogens is 367 g/mol. The first-order chi connectivity index (χ1) is 12.4. The summed E-state index contributed by atoms with van der Waals surface area (Å²) in [6.07, 6.45) is -2.75. The molecule has 0 radical (unpaired) electrons. The van der Waals surface area contributed by atoms with Gasteiger partial charge in [-0.3, -0.25) is 9.20 Å². The molecule has 5 nitrogen and oxygen atoms in total. The molecule has 1 aromatic carbocycles. The van der Waals surface area contributed by atoms with Crippen LogP contribution in [-0.2, 0) is 10.9 Å². The van der Waals surface area contributed by atoms with Crippen LogP contribution in [0.3, 0.4) is 0 Å². The third kappa shape index (κ3) is 2.97. The number of halogens is 3. The molecule has 1 aliphatic heterocycles. The van der Waals surface area contributed by atoms with Crippen molar-refractivity contribution >= 4 is 22.2 Å². The number of morpholine rings is 1. The van der Waals surface area contributed by atoms with E-state index >= 15 is 0 Å². The van der Waals surface area contributed by atoms with Crippen LogP contribution in [-0.4, -0.2) is 46.5 Å². The lowest BCUT2D eigenvalue weighted by molar-refractivity contribution is -0.137.